The van der Waals surface area contributed by atoms with Gasteiger partial charge < -0.3 is 10.2 Å². The second-order valence-corrected chi connectivity index (χ2v) is 6.72. The van der Waals surface area contributed by atoms with Gasteiger partial charge in [-0.25, -0.2) is 0 Å². The number of halogens is 1. The molecule has 0 radical (unpaired) electrons. The summed E-state index contributed by atoms with van der Waals surface area (Å²) in [6, 6.07) is 4.47. The van der Waals surface area contributed by atoms with Gasteiger partial charge in [0.1, 0.15) is 0 Å². The van der Waals surface area contributed by atoms with Gasteiger partial charge in [-0.1, -0.05) is 11.6 Å². The van der Waals surface area contributed by atoms with Crippen molar-refractivity contribution in [2.75, 3.05) is 24.3 Å². The molecule has 0 spiro atoms. The normalized spacial score (nSPS) is 17.3. The van der Waals surface area contributed by atoms with Crippen molar-refractivity contribution in [3.05, 3.63) is 39.3 Å². The third kappa shape index (κ3) is 2.42. The maximum Gasteiger partial charge on any atom is 0.0934 e. The summed E-state index contributed by atoms with van der Waals surface area (Å²) in [5, 5.41) is 3.60. The summed E-state index contributed by atoms with van der Waals surface area (Å²) in [5.74, 6) is 0. The quantitative estimate of drug-likeness (QED) is 0.928. The number of hydrogen-bond donors (Lipinski definition) is 1. The molecule has 0 saturated heterocycles. The Balaban J connectivity index is 1.87. The highest BCUT2D eigenvalue weighted by Crippen LogP contribution is 2.41. The summed E-state index contributed by atoms with van der Waals surface area (Å²) < 4.78 is 0.885. The molecule has 0 saturated carbocycles. The first-order valence-electron chi connectivity index (χ1n) is 6.31. The Morgan fingerprint density at radius 1 is 1.47 bits per heavy atom. The Morgan fingerprint density at radius 2 is 2.32 bits per heavy atom. The highest BCUT2D eigenvalue weighted by Gasteiger charge is 2.25. The van der Waals surface area contributed by atoms with E-state index in [1.54, 1.807) is 11.3 Å². The first-order chi connectivity index (χ1) is 9.15. The molecule has 1 aliphatic carbocycles. The van der Waals surface area contributed by atoms with E-state index in [1.165, 1.54) is 10.4 Å². The van der Waals surface area contributed by atoms with Crippen molar-refractivity contribution in [2.45, 2.75) is 18.9 Å². The van der Waals surface area contributed by atoms with E-state index in [9.17, 15) is 0 Å². The van der Waals surface area contributed by atoms with Gasteiger partial charge in [-0.05, 0) is 30.5 Å². The van der Waals surface area contributed by atoms with Crippen molar-refractivity contribution in [1.29, 1.82) is 0 Å². The van der Waals surface area contributed by atoms with E-state index >= 15 is 0 Å². The van der Waals surface area contributed by atoms with E-state index in [0.717, 1.165) is 28.6 Å². The highest BCUT2D eigenvalue weighted by molar-refractivity contribution is 7.16. The van der Waals surface area contributed by atoms with E-state index in [0.29, 0.717) is 6.04 Å². The van der Waals surface area contributed by atoms with Crippen LogP contribution in [0.3, 0.4) is 0 Å². The first kappa shape index (κ1) is 12.8. The van der Waals surface area contributed by atoms with Gasteiger partial charge in [0.05, 0.1) is 27.9 Å². The molecule has 0 fully saturated rings. The molecular formula is C14H16ClN3S. The number of hydrogen-bond acceptors (Lipinski definition) is 4. The average molecular weight is 294 g/mol. The molecule has 0 bridgehead atoms. The average Bonchev–Trinajstić information content (AvgIpc) is 2.91. The molecule has 1 atom stereocenters. The van der Waals surface area contributed by atoms with Crippen LogP contribution in [-0.4, -0.2) is 19.1 Å². The fraction of sp³-hybridized carbons (Fsp3) is 0.357. The molecule has 0 aromatic carbocycles. The molecule has 19 heavy (non-hydrogen) atoms. The largest absolute Gasteiger partial charge is 0.376 e. The Hall–Kier alpha value is -1.26. The van der Waals surface area contributed by atoms with Gasteiger partial charge in [-0.15, -0.1) is 11.3 Å². The van der Waals surface area contributed by atoms with Crippen LogP contribution in [0.25, 0.3) is 0 Å². The van der Waals surface area contributed by atoms with Crippen LogP contribution in [0.1, 0.15) is 22.9 Å². The van der Waals surface area contributed by atoms with Crippen molar-refractivity contribution in [3.63, 3.8) is 0 Å². The molecule has 3 rings (SSSR count). The molecule has 3 nitrogen and oxygen atoms in total. The number of rotatable bonds is 3. The van der Waals surface area contributed by atoms with Gasteiger partial charge in [0.2, 0.25) is 0 Å². The number of nitrogens with one attached hydrogen (secondary N) is 1. The van der Waals surface area contributed by atoms with E-state index in [2.05, 4.69) is 21.3 Å². The van der Waals surface area contributed by atoms with Crippen LogP contribution in [0.2, 0.25) is 4.34 Å². The number of aryl methyl sites for hydroxylation is 1. The standard InChI is InChI=1S/C14H16ClN3S/c1-18(2)12-5-6-16-8-11(12)17-10-3-4-13-9(10)7-14(15)19-13/h5-8,10,17H,3-4H2,1-2H3. The topological polar surface area (TPSA) is 28.2 Å². The SMILES string of the molecule is CN(C)c1ccncc1NC1CCc2sc(Cl)cc21. The van der Waals surface area contributed by atoms with Crippen molar-refractivity contribution >= 4 is 34.3 Å². The van der Waals surface area contributed by atoms with Gasteiger partial charge in [0.25, 0.3) is 0 Å². The van der Waals surface area contributed by atoms with E-state index in [4.69, 9.17) is 11.6 Å². The molecular weight excluding hydrogens is 278 g/mol. The van der Waals surface area contributed by atoms with Crippen LogP contribution in [0.4, 0.5) is 11.4 Å². The lowest BCUT2D eigenvalue weighted by atomic mass is 10.1. The lowest BCUT2D eigenvalue weighted by Gasteiger charge is -2.21. The number of thiophene rings is 1. The van der Waals surface area contributed by atoms with Crippen molar-refractivity contribution < 1.29 is 0 Å². The van der Waals surface area contributed by atoms with Crippen LogP contribution in [0, 0.1) is 0 Å². The summed E-state index contributed by atoms with van der Waals surface area (Å²) in [6.07, 6.45) is 5.95. The van der Waals surface area contributed by atoms with Gasteiger partial charge in [0, 0.05) is 25.2 Å². The molecule has 5 heteroatoms. The molecule has 0 amide bonds. The zero-order chi connectivity index (χ0) is 13.4. The molecule has 1 unspecified atom stereocenters. The maximum atomic E-state index is 6.10. The second kappa shape index (κ2) is 5.02. The molecule has 2 heterocycles. The second-order valence-electron chi connectivity index (χ2n) is 4.95. The summed E-state index contributed by atoms with van der Waals surface area (Å²) in [7, 11) is 4.09. The van der Waals surface area contributed by atoms with Crippen LogP contribution >= 0.6 is 22.9 Å². The highest BCUT2D eigenvalue weighted by atomic mass is 35.5. The van der Waals surface area contributed by atoms with E-state index in [-0.39, 0.29) is 0 Å². The minimum atomic E-state index is 0.349. The third-order valence-corrected chi connectivity index (χ3v) is 4.80. The molecule has 1 aliphatic rings. The van der Waals surface area contributed by atoms with Gasteiger partial charge in [-0.2, -0.15) is 0 Å². The van der Waals surface area contributed by atoms with Crippen molar-refractivity contribution in [2.24, 2.45) is 0 Å². The monoisotopic (exact) mass is 293 g/mol. The van der Waals surface area contributed by atoms with Crippen molar-refractivity contribution in [1.82, 2.24) is 4.98 Å². The van der Waals surface area contributed by atoms with Crippen LogP contribution in [0.15, 0.2) is 24.5 Å². The van der Waals surface area contributed by atoms with Crippen LogP contribution < -0.4 is 10.2 Å². The number of aromatic nitrogens is 1. The van der Waals surface area contributed by atoms with Gasteiger partial charge >= 0.3 is 0 Å². The number of nitrogens with zero attached hydrogens (tertiary/aromatic N) is 2. The minimum Gasteiger partial charge on any atom is -0.376 e. The Kier molecular flexibility index (Phi) is 3.37. The Morgan fingerprint density at radius 3 is 3.11 bits per heavy atom. The van der Waals surface area contributed by atoms with E-state index < -0.39 is 0 Å². The predicted molar refractivity (Wildman–Crippen MR) is 82.6 cm³/mol. The summed E-state index contributed by atoms with van der Waals surface area (Å²) in [6.45, 7) is 0. The molecule has 2 aromatic heterocycles. The molecule has 0 aliphatic heterocycles. The van der Waals surface area contributed by atoms with Gasteiger partial charge in [-0.3, -0.25) is 4.98 Å². The number of anilines is 2. The van der Waals surface area contributed by atoms with Crippen LogP contribution in [0.5, 0.6) is 0 Å². The fourth-order valence-corrected chi connectivity index (χ4v) is 3.91. The number of fused-ring (bicyclic) bond motifs is 1. The van der Waals surface area contributed by atoms with Gasteiger partial charge in [0.15, 0.2) is 0 Å². The molecule has 2 aromatic rings. The lowest BCUT2D eigenvalue weighted by molar-refractivity contribution is 0.761. The lowest BCUT2D eigenvalue weighted by Crippen LogP contribution is -2.14. The third-order valence-electron chi connectivity index (χ3n) is 3.46. The summed E-state index contributed by atoms with van der Waals surface area (Å²) >= 11 is 7.80. The Labute approximate surface area is 122 Å². The fourth-order valence-electron chi connectivity index (χ4n) is 2.56. The zero-order valence-electron chi connectivity index (χ0n) is 11.0. The summed E-state index contributed by atoms with van der Waals surface area (Å²) in [5.41, 5.74) is 3.58. The van der Waals surface area contributed by atoms with Crippen molar-refractivity contribution in [3.8, 4) is 0 Å². The molecule has 100 valence electrons. The maximum absolute atomic E-state index is 6.10. The Bertz CT molecular complexity index is 594. The number of pyridine rings is 1. The summed E-state index contributed by atoms with van der Waals surface area (Å²) in [4.78, 5) is 7.73. The predicted octanol–water partition coefficient (Wildman–Crippen LogP) is 3.96. The molecule has 1 N–H and O–H groups in total. The zero-order valence-corrected chi connectivity index (χ0v) is 12.6. The first-order valence-corrected chi connectivity index (χ1v) is 7.50. The smallest absolute Gasteiger partial charge is 0.0934 e. The van der Waals surface area contributed by atoms with E-state index in [1.807, 2.05) is 32.6 Å². The minimum absolute atomic E-state index is 0.349. The van der Waals surface area contributed by atoms with Crippen LogP contribution in [-0.2, 0) is 6.42 Å².